The van der Waals surface area contributed by atoms with Crippen LogP contribution in [-0.4, -0.2) is 84.4 Å². The molecule has 0 spiro atoms. The first-order chi connectivity index (χ1) is 16.7. The van der Waals surface area contributed by atoms with Crippen molar-refractivity contribution < 1.29 is 55.0 Å². The molecule has 0 aliphatic rings. The Morgan fingerprint density at radius 2 is 0.973 bits per heavy atom. The third-order valence-corrected chi connectivity index (χ3v) is 7.61. The van der Waals surface area contributed by atoms with Crippen molar-refractivity contribution in [1.29, 1.82) is 0 Å². The average molecular weight is 694 g/mol. The second-order valence-corrected chi connectivity index (χ2v) is 13.4. The molecule has 37 heavy (non-hydrogen) atoms. The topological polar surface area (TPSA) is 173 Å². The van der Waals surface area contributed by atoms with Gasteiger partial charge in [0.05, 0.1) is 31.7 Å². The molecular weight excluding hydrogens is 654 g/mol. The van der Waals surface area contributed by atoms with Crippen LogP contribution in [0.3, 0.4) is 0 Å². The summed E-state index contributed by atoms with van der Waals surface area (Å²) in [4.78, 5) is 22.5. The number of carbonyl (C=O) groups excluding carboxylic acids is 2. The summed E-state index contributed by atoms with van der Waals surface area (Å²) in [7, 11) is -8.49. The van der Waals surface area contributed by atoms with Gasteiger partial charge >= 0.3 is 19.5 Å². The SMILES string of the molecule is O=C(CCCCC(S)CCS)NCCS(=O)(=O)[O-].O=C(CCCCC(S)CCS)NCCS(=O)(=O)[O-].[Zn+2]. The number of nitrogens with one attached hydrogen (secondary N) is 2. The van der Waals surface area contributed by atoms with E-state index in [4.69, 9.17) is 0 Å². The van der Waals surface area contributed by atoms with Crippen LogP contribution in [0.25, 0.3) is 0 Å². The van der Waals surface area contributed by atoms with Gasteiger partial charge in [0.2, 0.25) is 11.8 Å². The number of thiol groups is 4. The molecule has 0 aromatic heterocycles. The summed E-state index contributed by atoms with van der Waals surface area (Å²) in [6, 6.07) is 0. The van der Waals surface area contributed by atoms with E-state index in [0.717, 1.165) is 62.9 Å². The van der Waals surface area contributed by atoms with E-state index in [2.05, 4.69) is 61.1 Å². The Morgan fingerprint density at radius 3 is 1.24 bits per heavy atom. The molecule has 2 amide bonds. The van der Waals surface area contributed by atoms with Crippen LogP contribution in [0.1, 0.15) is 64.2 Å². The van der Waals surface area contributed by atoms with Gasteiger partial charge in [-0.25, -0.2) is 16.8 Å². The molecule has 2 N–H and O–H groups in total. The van der Waals surface area contributed by atoms with Gasteiger partial charge in [0, 0.05) is 36.4 Å². The zero-order chi connectivity index (χ0) is 28.0. The zero-order valence-electron chi connectivity index (χ0n) is 21.0. The molecule has 0 radical (unpaired) electrons. The number of carbonyl (C=O) groups is 2. The van der Waals surface area contributed by atoms with E-state index < -0.39 is 31.7 Å². The number of hydrogen-bond donors (Lipinski definition) is 6. The van der Waals surface area contributed by atoms with Crippen LogP contribution in [0.2, 0.25) is 0 Å². The predicted octanol–water partition coefficient (Wildman–Crippen LogP) is 1.65. The zero-order valence-corrected chi connectivity index (χ0v) is 29.2. The van der Waals surface area contributed by atoms with Crippen molar-refractivity contribution in [2.45, 2.75) is 74.7 Å². The van der Waals surface area contributed by atoms with E-state index >= 15 is 0 Å². The Kier molecular flexibility index (Phi) is 29.4. The Bertz CT molecular complexity index is 737. The van der Waals surface area contributed by atoms with Gasteiger partial charge < -0.3 is 19.7 Å². The van der Waals surface area contributed by atoms with Crippen molar-refractivity contribution >= 4 is 82.6 Å². The van der Waals surface area contributed by atoms with E-state index in [1.165, 1.54) is 0 Å². The molecule has 0 aromatic rings. The molecule has 0 heterocycles. The fourth-order valence-electron chi connectivity index (χ4n) is 2.73. The maximum absolute atomic E-state index is 11.3. The molecule has 2 atom stereocenters. The van der Waals surface area contributed by atoms with E-state index in [9.17, 15) is 35.5 Å². The second kappa shape index (κ2) is 25.7. The Balaban J connectivity index is -0.000000608. The molecule has 0 bridgehead atoms. The summed E-state index contributed by atoms with van der Waals surface area (Å²) in [6.07, 6.45) is 7.72. The minimum absolute atomic E-state index is 0. The smallest absolute Gasteiger partial charge is 0.748 e. The van der Waals surface area contributed by atoms with Gasteiger partial charge in [-0.1, -0.05) is 12.8 Å². The number of unbranched alkanes of at least 4 members (excludes halogenated alkanes) is 2. The first-order valence-electron chi connectivity index (χ1n) is 11.7. The van der Waals surface area contributed by atoms with E-state index in [1.807, 2.05) is 0 Å². The van der Waals surface area contributed by atoms with Gasteiger partial charge in [0.1, 0.15) is 0 Å². The van der Waals surface area contributed by atoms with Gasteiger partial charge in [-0.2, -0.15) is 50.5 Å². The molecular formula is C20H40N2O8S6Zn. The first-order valence-corrected chi connectivity index (χ1v) is 17.1. The van der Waals surface area contributed by atoms with Crippen LogP contribution in [0, 0.1) is 0 Å². The van der Waals surface area contributed by atoms with Gasteiger partial charge in [0.25, 0.3) is 0 Å². The maximum atomic E-state index is 11.3. The van der Waals surface area contributed by atoms with Gasteiger partial charge in [0.15, 0.2) is 0 Å². The number of rotatable bonds is 20. The minimum Gasteiger partial charge on any atom is -0.748 e. The number of hydrogen-bond acceptors (Lipinski definition) is 12. The quantitative estimate of drug-likeness (QED) is 0.0484. The summed E-state index contributed by atoms with van der Waals surface area (Å²) < 4.78 is 61.7. The van der Waals surface area contributed by atoms with Crippen LogP contribution < -0.4 is 10.6 Å². The standard InChI is InChI=1S/2C10H21NO4S3.Zn/c2*12-10(11-6-8-18(13,14)15)4-2-1-3-9(17)5-7-16;/h2*9,16-17H,1-8H2,(H,11,12)(H,13,14,15);/q;;+2/p-2. The minimum atomic E-state index is -4.24. The van der Waals surface area contributed by atoms with Crippen molar-refractivity contribution in [2.75, 3.05) is 36.1 Å². The fraction of sp³-hybridized carbons (Fsp3) is 0.900. The molecule has 2 unspecified atom stereocenters. The van der Waals surface area contributed by atoms with Crippen molar-refractivity contribution in [3.63, 3.8) is 0 Å². The van der Waals surface area contributed by atoms with Crippen LogP contribution >= 0.6 is 50.5 Å². The third-order valence-electron chi connectivity index (χ3n) is 4.66. The van der Waals surface area contributed by atoms with E-state index in [1.54, 1.807) is 0 Å². The summed E-state index contributed by atoms with van der Waals surface area (Å²) in [5.41, 5.74) is 0. The third kappa shape index (κ3) is 36.8. The summed E-state index contributed by atoms with van der Waals surface area (Å²) in [5, 5.41) is 5.44. The van der Waals surface area contributed by atoms with Crippen molar-refractivity contribution in [2.24, 2.45) is 0 Å². The average Bonchev–Trinajstić information content (AvgIpc) is 2.73. The van der Waals surface area contributed by atoms with Crippen molar-refractivity contribution in [1.82, 2.24) is 10.6 Å². The van der Waals surface area contributed by atoms with Crippen LogP contribution in [0.4, 0.5) is 0 Å². The van der Waals surface area contributed by atoms with Gasteiger partial charge in [-0.3, -0.25) is 9.59 Å². The number of amides is 2. The van der Waals surface area contributed by atoms with Crippen LogP contribution in [0.5, 0.6) is 0 Å². The molecule has 10 nitrogen and oxygen atoms in total. The van der Waals surface area contributed by atoms with Crippen molar-refractivity contribution in [3.05, 3.63) is 0 Å². The van der Waals surface area contributed by atoms with Crippen molar-refractivity contribution in [3.8, 4) is 0 Å². The molecule has 0 rings (SSSR count). The molecule has 17 heteroatoms. The largest absolute Gasteiger partial charge is 2.00 e. The van der Waals surface area contributed by atoms with E-state index in [0.29, 0.717) is 23.3 Å². The normalized spacial score (nSPS) is 12.9. The van der Waals surface area contributed by atoms with Crippen LogP contribution in [-0.2, 0) is 49.3 Å². The Labute approximate surface area is 257 Å². The predicted molar refractivity (Wildman–Crippen MR) is 155 cm³/mol. The molecule has 0 aliphatic carbocycles. The fourth-order valence-corrected chi connectivity index (χ4v) is 5.08. The van der Waals surface area contributed by atoms with Gasteiger partial charge in [-0.15, -0.1) is 0 Å². The summed E-state index contributed by atoms with van der Waals surface area (Å²) >= 11 is 17.0. The van der Waals surface area contributed by atoms with Crippen LogP contribution in [0.15, 0.2) is 0 Å². The Morgan fingerprint density at radius 1 is 0.649 bits per heavy atom. The first kappa shape index (κ1) is 42.3. The Hall–Kier alpha value is 0.783. The van der Waals surface area contributed by atoms with E-state index in [-0.39, 0.29) is 44.4 Å². The molecule has 0 saturated carbocycles. The molecule has 0 saturated heterocycles. The molecule has 0 fully saturated rings. The monoisotopic (exact) mass is 692 g/mol. The second-order valence-electron chi connectivity index (χ2n) is 8.05. The molecule has 0 aliphatic heterocycles. The molecule has 0 aromatic carbocycles. The maximum Gasteiger partial charge on any atom is 2.00 e. The van der Waals surface area contributed by atoms with Gasteiger partial charge in [-0.05, 0) is 50.0 Å². The summed E-state index contributed by atoms with van der Waals surface area (Å²) in [6.45, 7) is -0.223. The summed E-state index contributed by atoms with van der Waals surface area (Å²) in [5.74, 6) is 0.0576. The molecule has 216 valence electrons.